The van der Waals surface area contributed by atoms with Gasteiger partial charge in [0.05, 0.1) is 6.54 Å². The van der Waals surface area contributed by atoms with Crippen LogP contribution in [0.4, 0.5) is 5.69 Å². The molecule has 0 aliphatic carbocycles. The van der Waals surface area contributed by atoms with Crippen LogP contribution >= 0.6 is 0 Å². The van der Waals surface area contributed by atoms with E-state index in [1.165, 1.54) is 28.8 Å². The Hall–Kier alpha value is -2.49. The van der Waals surface area contributed by atoms with E-state index in [4.69, 9.17) is 5.73 Å². The first kappa shape index (κ1) is 16.4. The lowest BCUT2D eigenvalue weighted by molar-refractivity contribution is 0.742. The molecule has 1 aliphatic heterocycles. The van der Waals surface area contributed by atoms with E-state index < -0.39 is 0 Å². The summed E-state index contributed by atoms with van der Waals surface area (Å²) in [5.41, 5.74) is 11.3. The Morgan fingerprint density at radius 2 is 2.00 bits per heavy atom. The summed E-state index contributed by atoms with van der Waals surface area (Å²) in [7, 11) is 2.16. The van der Waals surface area contributed by atoms with Crippen molar-refractivity contribution in [1.82, 2.24) is 5.32 Å². The lowest BCUT2D eigenvalue weighted by Crippen LogP contribution is -2.33. The summed E-state index contributed by atoms with van der Waals surface area (Å²) in [5, 5.41) is 3.19. The molecule has 0 spiro atoms. The highest BCUT2D eigenvalue weighted by atomic mass is 15.1. The third-order valence-electron chi connectivity index (χ3n) is 4.49. The average molecular weight is 322 g/mol. The van der Waals surface area contributed by atoms with Gasteiger partial charge in [-0.15, -0.1) is 0 Å². The van der Waals surface area contributed by atoms with Crippen LogP contribution in [0.3, 0.4) is 0 Å². The van der Waals surface area contributed by atoms with Crippen LogP contribution < -0.4 is 16.0 Å². The van der Waals surface area contributed by atoms with Gasteiger partial charge in [0, 0.05) is 25.8 Å². The van der Waals surface area contributed by atoms with E-state index in [1.54, 1.807) is 0 Å². The Bertz CT molecular complexity index is 694. The summed E-state index contributed by atoms with van der Waals surface area (Å²) in [4.78, 5) is 6.79. The number of aryl methyl sites for hydroxylation is 1. The van der Waals surface area contributed by atoms with Crippen molar-refractivity contribution in [2.75, 3.05) is 25.0 Å². The fourth-order valence-corrected chi connectivity index (χ4v) is 3.15. The lowest BCUT2D eigenvalue weighted by atomic mass is 10.00. The maximum Gasteiger partial charge on any atom is 0.188 e. The van der Waals surface area contributed by atoms with Crippen LogP contribution in [-0.2, 0) is 19.4 Å². The van der Waals surface area contributed by atoms with E-state index in [9.17, 15) is 0 Å². The fourth-order valence-electron chi connectivity index (χ4n) is 3.15. The van der Waals surface area contributed by atoms with Crippen molar-refractivity contribution in [1.29, 1.82) is 0 Å². The van der Waals surface area contributed by atoms with E-state index in [0.717, 1.165) is 25.9 Å². The number of hydrogen-bond donors (Lipinski definition) is 2. The molecule has 3 N–H and O–H groups in total. The van der Waals surface area contributed by atoms with Crippen molar-refractivity contribution in [3.8, 4) is 0 Å². The number of rotatable bonds is 5. The zero-order valence-corrected chi connectivity index (χ0v) is 14.3. The van der Waals surface area contributed by atoms with Crippen LogP contribution in [0.5, 0.6) is 0 Å². The molecule has 1 heterocycles. The number of fused-ring (bicyclic) bond motifs is 1. The highest BCUT2D eigenvalue weighted by molar-refractivity contribution is 5.77. The van der Waals surface area contributed by atoms with Crippen molar-refractivity contribution >= 4 is 11.6 Å². The molecule has 3 rings (SSSR count). The normalized spacial score (nSPS) is 14.4. The monoisotopic (exact) mass is 322 g/mol. The van der Waals surface area contributed by atoms with E-state index >= 15 is 0 Å². The molecule has 4 heteroatoms. The van der Waals surface area contributed by atoms with Gasteiger partial charge < -0.3 is 16.0 Å². The Labute approximate surface area is 144 Å². The quantitative estimate of drug-likeness (QED) is 0.657. The van der Waals surface area contributed by atoms with Crippen LogP contribution in [0, 0.1) is 0 Å². The van der Waals surface area contributed by atoms with E-state index in [1.807, 2.05) is 6.07 Å². The first-order valence-electron chi connectivity index (χ1n) is 8.63. The predicted molar refractivity (Wildman–Crippen MR) is 102 cm³/mol. The van der Waals surface area contributed by atoms with Gasteiger partial charge in [0.2, 0.25) is 0 Å². The first-order chi connectivity index (χ1) is 11.7. The number of benzene rings is 2. The topological polar surface area (TPSA) is 53.6 Å². The standard InChI is InChI=1S/C20H26N4/c1-24-13-5-8-18-14-17(9-10-19(18)24)15-23-20(21)22-12-11-16-6-3-2-4-7-16/h2-4,6-7,9-10,14H,5,8,11-13,15H2,1H3,(H3,21,22,23). The van der Waals surface area contributed by atoms with Crippen LogP contribution in [-0.4, -0.2) is 26.1 Å². The Morgan fingerprint density at radius 1 is 1.17 bits per heavy atom. The molecule has 2 aromatic carbocycles. The second kappa shape index (κ2) is 7.86. The molecule has 24 heavy (non-hydrogen) atoms. The number of aliphatic imine (C=N–C) groups is 1. The van der Waals surface area contributed by atoms with Gasteiger partial charge in [-0.1, -0.05) is 42.5 Å². The molecule has 0 atom stereocenters. The van der Waals surface area contributed by atoms with Gasteiger partial charge in [0.25, 0.3) is 0 Å². The van der Waals surface area contributed by atoms with Crippen molar-refractivity contribution in [2.24, 2.45) is 10.7 Å². The highest BCUT2D eigenvalue weighted by Crippen LogP contribution is 2.26. The number of guanidine groups is 1. The molecular weight excluding hydrogens is 296 g/mol. The lowest BCUT2D eigenvalue weighted by Gasteiger charge is -2.27. The second-order valence-electron chi connectivity index (χ2n) is 6.35. The van der Waals surface area contributed by atoms with Crippen LogP contribution in [0.2, 0.25) is 0 Å². The molecular formula is C20H26N4. The van der Waals surface area contributed by atoms with Crippen molar-refractivity contribution < 1.29 is 0 Å². The highest BCUT2D eigenvalue weighted by Gasteiger charge is 2.13. The van der Waals surface area contributed by atoms with Crippen LogP contribution in [0.1, 0.15) is 23.1 Å². The third-order valence-corrected chi connectivity index (χ3v) is 4.49. The summed E-state index contributed by atoms with van der Waals surface area (Å²) in [6.45, 7) is 2.57. The fraction of sp³-hybridized carbons (Fsp3) is 0.350. The molecule has 0 aromatic heterocycles. The average Bonchev–Trinajstić information content (AvgIpc) is 2.61. The van der Waals surface area contributed by atoms with Gasteiger partial charge >= 0.3 is 0 Å². The molecule has 0 unspecified atom stereocenters. The Kier molecular flexibility index (Phi) is 5.36. The number of hydrogen-bond acceptors (Lipinski definition) is 2. The molecule has 0 saturated heterocycles. The van der Waals surface area contributed by atoms with E-state index in [-0.39, 0.29) is 0 Å². The van der Waals surface area contributed by atoms with Gasteiger partial charge in [-0.3, -0.25) is 0 Å². The molecule has 0 amide bonds. The van der Waals surface area contributed by atoms with Gasteiger partial charge in [-0.2, -0.15) is 0 Å². The number of nitrogens with one attached hydrogen (secondary N) is 1. The summed E-state index contributed by atoms with van der Waals surface area (Å²) in [5.74, 6) is 0.515. The molecule has 0 fully saturated rings. The summed E-state index contributed by atoms with van der Waals surface area (Å²) < 4.78 is 0. The smallest absolute Gasteiger partial charge is 0.188 e. The number of nitrogens with two attached hydrogens (primary N) is 1. The SMILES string of the molecule is CN1CCCc2cc(CN=C(N)NCCc3ccccc3)ccc21. The molecule has 1 aliphatic rings. The number of nitrogens with zero attached hydrogens (tertiary/aromatic N) is 2. The second-order valence-corrected chi connectivity index (χ2v) is 6.35. The minimum Gasteiger partial charge on any atom is -0.374 e. The van der Waals surface area contributed by atoms with E-state index in [2.05, 4.69) is 64.7 Å². The molecule has 0 radical (unpaired) electrons. The molecule has 2 aromatic rings. The van der Waals surface area contributed by atoms with Gasteiger partial charge in [-0.25, -0.2) is 4.99 Å². The van der Waals surface area contributed by atoms with Crippen molar-refractivity contribution in [2.45, 2.75) is 25.8 Å². The van der Waals surface area contributed by atoms with Crippen molar-refractivity contribution in [3.05, 3.63) is 65.2 Å². The van der Waals surface area contributed by atoms with Crippen LogP contribution in [0.25, 0.3) is 0 Å². The maximum absolute atomic E-state index is 5.98. The zero-order valence-electron chi connectivity index (χ0n) is 14.3. The summed E-state index contributed by atoms with van der Waals surface area (Å²) >= 11 is 0. The van der Waals surface area contributed by atoms with Crippen molar-refractivity contribution in [3.63, 3.8) is 0 Å². The first-order valence-corrected chi connectivity index (χ1v) is 8.63. The van der Waals surface area contributed by atoms with Crippen LogP contribution in [0.15, 0.2) is 53.5 Å². The minimum atomic E-state index is 0.515. The van der Waals surface area contributed by atoms with Gasteiger partial charge in [-0.05, 0) is 42.0 Å². The Morgan fingerprint density at radius 3 is 2.83 bits per heavy atom. The number of anilines is 1. The molecule has 4 nitrogen and oxygen atoms in total. The molecule has 126 valence electrons. The summed E-state index contributed by atoms with van der Waals surface area (Å²) in [6, 6.07) is 17.0. The van der Waals surface area contributed by atoms with E-state index in [0.29, 0.717) is 12.5 Å². The van der Waals surface area contributed by atoms with Gasteiger partial charge in [0.15, 0.2) is 5.96 Å². The zero-order chi connectivity index (χ0) is 16.8. The predicted octanol–water partition coefficient (Wildman–Crippen LogP) is 2.72. The molecule has 0 bridgehead atoms. The largest absolute Gasteiger partial charge is 0.374 e. The summed E-state index contributed by atoms with van der Waals surface area (Å²) in [6.07, 6.45) is 3.32. The Balaban J connectivity index is 1.51. The maximum atomic E-state index is 5.98. The third kappa shape index (κ3) is 4.28. The molecule has 0 saturated carbocycles. The van der Waals surface area contributed by atoms with Gasteiger partial charge in [0.1, 0.15) is 0 Å². The minimum absolute atomic E-state index is 0.515.